The van der Waals surface area contributed by atoms with Gasteiger partial charge in [-0.05, 0) is 36.2 Å². The molecule has 0 aliphatic carbocycles. The highest BCUT2D eigenvalue weighted by Crippen LogP contribution is 2.18. The third kappa shape index (κ3) is 2.10. The van der Waals surface area contributed by atoms with Gasteiger partial charge in [0, 0.05) is 0 Å². The van der Waals surface area contributed by atoms with Crippen molar-refractivity contribution in [3.63, 3.8) is 0 Å². The predicted molar refractivity (Wildman–Crippen MR) is 66.0 cm³/mol. The average molecular weight is 236 g/mol. The van der Waals surface area contributed by atoms with Crippen LogP contribution in [0.2, 0.25) is 5.15 Å². The van der Waals surface area contributed by atoms with E-state index in [0.29, 0.717) is 17.6 Å². The van der Waals surface area contributed by atoms with Gasteiger partial charge in [-0.3, -0.25) is 0 Å². The first kappa shape index (κ1) is 11.2. The van der Waals surface area contributed by atoms with E-state index in [1.807, 2.05) is 12.1 Å². The number of benzene rings is 1. The van der Waals surface area contributed by atoms with Crippen LogP contribution >= 0.6 is 11.6 Å². The number of hydrogen-bond acceptors (Lipinski definition) is 2. The maximum absolute atomic E-state index is 5.98. The summed E-state index contributed by atoms with van der Waals surface area (Å²) in [6, 6.07) is 9.88. The molecule has 3 nitrogen and oxygen atoms in total. The van der Waals surface area contributed by atoms with Gasteiger partial charge in [0.15, 0.2) is 0 Å². The molecular weight excluding hydrogens is 222 g/mol. The molecule has 0 bridgehead atoms. The molecule has 0 saturated carbocycles. The molecule has 0 amide bonds. The molecule has 0 radical (unpaired) electrons. The highest BCUT2D eigenvalue weighted by Gasteiger charge is 2.05. The lowest BCUT2D eigenvalue weighted by molar-refractivity contribution is 0.772. The number of hydrogen-bond donors (Lipinski definition) is 1. The van der Waals surface area contributed by atoms with Crippen LogP contribution in [0, 0.1) is 0 Å². The summed E-state index contributed by atoms with van der Waals surface area (Å²) >= 11 is 5.98. The Hall–Kier alpha value is -1.32. The van der Waals surface area contributed by atoms with Crippen molar-refractivity contribution in [1.82, 2.24) is 9.78 Å². The molecule has 1 aromatic heterocycles. The summed E-state index contributed by atoms with van der Waals surface area (Å²) in [5, 5.41) is 4.75. The molecule has 0 saturated heterocycles. The van der Waals surface area contributed by atoms with Crippen LogP contribution in [0.25, 0.3) is 5.69 Å². The van der Waals surface area contributed by atoms with E-state index in [1.165, 1.54) is 5.56 Å². The first-order valence-corrected chi connectivity index (χ1v) is 5.60. The summed E-state index contributed by atoms with van der Waals surface area (Å²) in [6.45, 7) is 2.76. The lowest BCUT2D eigenvalue weighted by Gasteiger charge is -2.10. The lowest BCUT2D eigenvalue weighted by atomic mass is 10.0. The predicted octanol–water partition coefficient (Wildman–Crippen LogP) is 2.59. The fourth-order valence-corrected chi connectivity index (χ4v) is 1.75. The number of nitrogens with two attached hydrogens (primary N) is 1. The summed E-state index contributed by atoms with van der Waals surface area (Å²) < 4.78 is 1.69. The largest absolute Gasteiger partial charge is 0.330 e. The van der Waals surface area contributed by atoms with Gasteiger partial charge < -0.3 is 5.73 Å². The van der Waals surface area contributed by atoms with Crippen LogP contribution in [0.1, 0.15) is 18.4 Å². The quantitative estimate of drug-likeness (QED) is 0.889. The normalized spacial score (nSPS) is 12.7. The number of nitrogens with zero attached hydrogens (tertiary/aromatic N) is 2. The fraction of sp³-hybridized carbons (Fsp3) is 0.250. The van der Waals surface area contributed by atoms with Crippen molar-refractivity contribution in [2.24, 2.45) is 5.73 Å². The Balaban J connectivity index is 2.30. The van der Waals surface area contributed by atoms with Gasteiger partial charge in [0.25, 0.3) is 0 Å². The Morgan fingerprint density at radius 1 is 1.31 bits per heavy atom. The van der Waals surface area contributed by atoms with Crippen molar-refractivity contribution in [2.75, 3.05) is 6.54 Å². The zero-order valence-electron chi connectivity index (χ0n) is 9.10. The molecule has 0 fully saturated rings. The van der Waals surface area contributed by atoms with E-state index in [0.717, 1.165) is 5.69 Å². The minimum atomic E-state index is 0.377. The van der Waals surface area contributed by atoms with Crippen molar-refractivity contribution >= 4 is 11.6 Å². The fourth-order valence-electron chi connectivity index (χ4n) is 1.56. The molecule has 16 heavy (non-hydrogen) atoms. The van der Waals surface area contributed by atoms with Crippen molar-refractivity contribution in [2.45, 2.75) is 12.8 Å². The molecule has 1 unspecified atom stereocenters. The molecule has 4 heteroatoms. The Kier molecular flexibility index (Phi) is 3.27. The first-order chi connectivity index (χ1) is 7.72. The third-order valence-corrected chi connectivity index (χ3v) is 2.94. The Morgan fingerprint density at radius 2 is 2.00 bits per heavy atom. The first-order valence-electron chi connectivity index (χ1n) is 5.22. The molecule has 1 aromatic carbocycles. The van der Waals surface area contributed by atoms with E-state index in [9.17, 15) is 0 Å². The van der Waals surface area contributed by atoms with Crippen LogP contribution < -0.4 is 5.73 Å². The monoisotopic (exact) mass is 235 g/mol. The van der Waals surface area contributed by atoms with E-state index < -0.39 is 0 Å². The van der Waals surface area contributed by atoms with Gasteiger partial charge in [-0.25, -0.2) is 4.68 Å². The Morgan fingerprint density at radius 3 is 2.50 bits per heavy atom. The summed E-state index contributed by atoms with van der Waals surface area (Å²) in [5.74, 6) is 0.377. The van der Waals surface area contributed by atoms with Crippen molar-refractivity contribution in [3.05, 3.63) is 47.2 Å². The van der Waals surface area contributed by atoms with E-state index in [2.05, 4.69) is 24.2 Å². The Labute approximate surface area is 99.8 Å². The van der Waals surface area contributed by atoms with Crippen LogP contribution in [0.5, 0.6) is 0 Å². The van der Waals surface area contributed by atoms with Crippen LogP contribution in [0.4, 0.5) is 0 Å². The summed E-state index contributed by atoms with van der Waals surface area (Å²) in [6.07, 6.45) is 1.68. The molecule has 2 N–H and O–H groups in total. The third-order valence-electron chi connectivity index (χ3n) is 2.66. The minimum absolute atomic E-state index is 0.377. The SMILES string of the molecule is CC(CN)c1ccc(-n2nccc2Cl)cc1. The lowest BCUT2D eigenvalue weighted by Crippen LogP contribution is -2.08. The topological polar surface area (TPSA) is 43.8 Å². The molecule has 0 spiro atoms. The highest BCUT2D eigenvalue weighted by molar-refractivity contribution is 6.29. The molecule has 1 heterocycles. The second-order valence-corrected chi connectivity index (χ2v) is 4.18. The molecule has 84 valence electrons. The van der Waals surface area contributed by atoms with Crippen molar-refractivity contribution < 1.29 is 0 Å². The zero-order valence-corrected chi connectivity index (χ0v) is 9.85. The maximum atomic E-state index is 5.98. The molecule has 1 atom stereocenters. The van der Waals surface area contributed by atoms with Gasteiger partial charge in [-0.2, -0.15) is 5.10 Å². The van der Waals surface area contributed by atoms with Gasteiger partial charge >= 0.3 is 0 Å². The molecule has 0 aliphatic rings. The van der Waals surface area contributed by atoms with Crippen LogP contribution in [-0.2, 0) is 0 Å². The number of rotatable bonds is 3. The van der Waals surface area contributed by atoms with Crippen LogP contribution in [0.3, 0.4) is 0 Å². The van der Waals surface area contributed by atoms with Crippen LogP contribution in [-0.4, -0.2) is 16.3 Å². The van der Waals surface area contributed by atoms with Gasteiger partial charge in [-0.15, -0.1) is 0 Å². The average Bonchev–Trinajstić information content (AvgIpc) is 2.75. The minimum Gasteiger partial charge on any atom is -0.330 e. The number of aromatic nitrogens is 2. The van der Waals surface area contributed by atoms with E-state index in [-0.39, 0.29) is 0 Å². The second kappa shape index (κ2) is 4.68. The van der Waals surface area contributed by atoms with Crippen molar-refractivity contribution in [1.29, 1.82) is 0 Å². The zero-order chi connectivity index (χ0) is 11.5. The maximum Gasteiger partial charge on any atom is 0.132 e. The molecule has 0 aliphatic heterocycles. The smallest absolute Gasteiger partial charge is 0.132 e. The van der Waals surface area contributed by atoms with E-state index in [1.54, 1.807) is 16.9 Å². The van der Waals surface area contributed by atoms with Crippen LogP contribution in [0.15, 0.2) is 36.5 Å². The van der Waals surface area contributed by atoms with E-state index in [4.69, 9.17) is 17.3 Å². The second-order valence-electron chi connectivity index (χ2n) is 3.79. The Bertz CT molecular complexity index is 461. The number of halogens is 1. The highest BCUT2D eigenvalue weighted by atomic mass is 35.5. The molecule has 2 aromatic rings. The summed E-state index contributed by atoms with van der Waals surface area (Å²) in [4.78, 5) is 0. The molecular formula is C12H14ClN3. The van der Waals surface area contributed by atoms with Gasteiger partial charge in [0.1, 0.15) is 5.15 Å². The standard InChI is InChI=1S/C12H14ClN3/c1-9(8-14)10-2-4-11(5-3-10)16-12(13)6-7-15-16/h2-7,9H,8,14H2,1H3. The summed E-state index contributed by atoms with van der Waals surface area (Å²) in [7, 11) is 0. The van der Waals surface area contributed by atoms with E-state index >= 15 is 0 Å². The van der Waals surface area contributed by atoms with Gasteiger partial charge in [-0.1, -0.05) is 30.7 Å². The van der Waals surface area contributed by atoms with Crippen molar-refractivity contribution in [3.8, 4) is 5.69 Å². The molecule has 2 rings (SSSR count). The van der Waals surface area contributed by atoms with Gasteiger partial charge in [0.2, 0.25) is 0 Å². The van der Waals surface area contributed by atoms with Gasteiger partial charge in [0.05, 0.1) is 11.9 Å². The summed E-state index contributed by atoms with van der Waals surface area (Å²) in [5.41, 5.74) is 7.81.